The number of ether oxygens (including phenoxy) is 1. The average molecular weight is 438 g/mol. The van der Waals surface area contributed by atoms with Crippen LogP contribution in [0.2, 0.25) is 0 Å². The van der Waals surface area contributed by atoms with Gasteiger partial charge >= 0.3 is 12.1 Å². The topological polar surface area (TPSA) is 83.8 Å². The van der Waals surface area contributed by atoms with Gasteiger partial charge in [-0.3, -0.25) is 9.59 Å². The second-order valence-electron chi connectivity index (χ2n) is 7.15. The van der Waals surface area contributed by atoms with Crippen molar-refractivity contribution >= 4 is 11.8 Å². The molecule has 0 radical (unpaired) electrons. The summed E-state index contributed by atoms with van der Waals surface area (Å²) in [6.07, 6.45) is 3.89. The van der Waals surface area contributed by atoms with E-state index in [4.69, 9.17) is 9.84 Å². The first-order valence-corrected chi connectivity index (χ1v) is 9.95. The molecule has 2 N–H and O–H groups in total. The third-order valence-corrected chi connectivity index (χ3v) is 4.70. The van der Waals surface area contributed by atoms with Gasteiger partial charge in [0.1, 0.15) is 18.5 Å². The molecule has 0 saturated carbocycles. The van der Waals surface area contributed by atoms with E-state index in [0.29, 0.717) is 37.7 Å². The summed E-state index contributed by atoms with van der Waals surface area (Å²) < 4.78 is 43.4. The molecule has 5 nitrogen and oxygen atoms in total. The maximum Gasteiger partial charge on any atom is 0.416 e. The Bertz CT molecular complexity index is 868. The van der Waals surface area contributed by atoms with Gasteiger partial charge in [-0.1, -0.05) is 30.4 Å². The highest BCUT2D eigenvalue weighted by Gasteiger charge is 2.30. The number of rotatable bonds is 11. The number of aliphatic hydroxyl groups is 1. The number of unbranched alkanes of at least 4 members (excludes halogenated alkanes) is 1. The minimum Gasteiger partial charge on any atom is -0.491 e. The molecule has 1 aromatic rings. The molecule has 1 aliphatic carbocycles. The van der Waals surface area contributed by atoms with Crippen LogP contribution in [0.4, 0.5) is 13.2 Å². The number of carboxylic acids is 1. The zero-order valence-electron chi connectivity index (χ0n) is 16.9. The molecule has 2 rings (SSSR count). The Morgan fingerprint density at radius 1 is 1.23 bits per heavy atom. The molecule has 1 aliphatic rings. The number of halogens is 3. The second-order valence-corrected chi connectivity index (χ2v) is 7.15. The monoisotopic (exact) mass is 438 g/mol. The normalized spacial score (nSPS) is 15.9. The molecular formula is C23H25F3O5. The van der Waals surface area contributed by atoms with Crippen molar-refractivity contribution < 1.29 is 37.7 Å². The molecule has 0 fully saturated rings. The van der Waals surface area contributed by atoms with E-state index >= 15 is 0 Å². The Morgan fingerprint density at radius 3 is 2.71 bits per heavy atom. The van der Waals surface area contributed by atoms with Gasteiger partial charge in [0.05, 0.1) is 5.56 Å². The molecule has 31 heavy (non-hydrogen) atoms. The lowest BCUT2D eigenvalue weighted by atomic mass is 10.1. The number of ketones is 1. The van der Waals surface area contributed by atoms with E-state index in [9.17, 15) is 27.9 Å². The molecule has 0 aliphatic heterocycles. The maximum atomic E-state index is 12.7. The summed E-state index contributed by atoms with van der Waals surface area (Å²) in [5, 5.41) is 18.7. The standard InChI is InChI=1S/C23H25F3O5/c24-23(25,26)17-6-5-7-19(14-17)31-15-18(27)12-10-16-11-13-21(28)20(16)8-3-1-2-4-9-22(29)30/h1,3,5-7,10,12,14,18,27H,2,4,8-9,11,13,15H2,(H,29,30)/t18-/m1/s1. The van der Waals surface area contributed by atoms with Crippen LogP contribution in [0.15, 0.2) is 59.7 Å². The van der Waals surface area contributed by atoms with E-state index in [1.54, 1.807) is 6.08 Å². The molecule has 0 saturated heterocycles. The molecule has 0 heterocycles. The highest BCUT2D eigenvalue weighted by molar-refractivity contribution is 5.99. The number of carbonyl (C=O) groups is 2. The summed E-state index contributed by atoms with van der Waals surface area (Å²) in [7, 11) is 0. The number of allylic oxidation sites excluding steroid dienone is 5. The van der Waals surface area contributed by atoms with Gasteiger partial charge < -0.3 is 14.9 Å². The lowest BCUT2D eigenvalue weighted by molar-refractivity contribution is -0.138. The van der Waals surface area contributed by atoms with Gasteiger partial charge in [0.2, 0.25) is 0 Å². The van der Waals surface area contributed by atoms with E-state index in [1.807, 2.05) is 12.2 Å². The van der Waals surface area contributed by atoms with Crippen molar-refractivity contribution in [2.75, 3.05) is 6.61 Å². The predicted molar refractivity (Wildman–Crippen MR) is 109 cm³/mol. The summed E-state index contributed by atoms with van der Waals surface area (Å²) in [6, 6.07) is 4.42. The fraction of sp³-hybridized carbons (Fsp3) is 0.391. The first kappa shape index (κ1) is 24.4. The molecule has 168 valence electrons. The second kappa shape index (κ2) is 11.5. The van der Waals surface area contributed by atoms with Crippen LogP contribution in [-0.2, 0) is 15.8 Å². The number of alkyl halides is 3. The molecule has 0 unspecified atom stereocenters. The van der Waals surface area contributed by atoms with E-state index in [-0.39, 0.29) is 24.6 Å². The van der Waals surface area contributed by atoms with Crippen LogP contribution in [0.1, 0.15) is 44.1 Å². The predicted octanol–water partition coefficient (Wildman–Crippen LogP) is 4.86. The molecular weight excluding hydrogens is 413 g/mol. The number of aliphatic carboxylic acids is 1. The quantitative estimate of drug-likeness (QED) is 0.381. The first-order chi connectivity index (χ1) is 14.7. The van der Waals surface area contributed by atoms with Crippen LogP contribution in [0.3, 0.4) is 0 Å². The summed E-state index contributed by atoms with van der Waals surface area (Å²) in [6.45, 7) is -0.224. The lowest BCUT2D eigenvalue weighted by Crippen LogP contribution is -2.15. The van der Waals surface area contributed by atoms with E-state index in [1.165, 1.54) is 18.2 Å². The van der Waals surface area contributed by atoms with Crippen molar-refractivity contribution in [2.24, 2.45) is 0 Å². The van der Waals surface area contributed by atoms with Crippen LogP contribution >= 0.6 is 0 Å². The number of hydrogen-bond donors (Lipinski definition) is 2. The SMILES string of the molecule is O=C(O)CCCC=CCC1=C(C=C[C@@H](O)COc2cccc(C(F)(F)F)c2)CCC1=O. The number of hydrogen-bond acceptors (Lipinski definition) is 4. The third-order valence-electron chi connectivity index (χ3n) is 4.70. The van der Waals surface area contributed by atoms with Crippen LogP contribution in [0.25, 0.3) is 0 Å². The van der Waals surface area contributed by atoms with Crippen molar-refractivity contribution in [2.45, 2.75) is 50.8 Å². The number of carboxylic acid groups (broad SMARTS) is 1. The van der Waals surface area contributed by atoms with Gasteiger partial charge in [0, 0.05) is 18.4 Å². The average Bonchev–Trinajstić information content (AvgIpc) is 3.06. The zero-order chi connectivity index (χ0) is 22.9. The Hall–Kier alpha value is -2.87. The fourth-order valence-electron chi connectivity index (χ4n) is 3.07. The van der Waals surface area contributed by atoms with E-state index in [2.05, 4.69) is 0 Å². The molecule has 0 bridgehead atoms. The van der Waals surface area contributed by atoms with E-state index in [0.717, 1.165) is 17.7 Å². The van der Waals surface area contributed by atoms with Gasteiger partial charge in [0.25, 0.3) is 0 Å². The van der Waals surface area contributed by atoms with Crippen LogP contribution in [0.5, 0.6) is 5.75 Å². The van der Waals surface area contributed by atoms with Gasteiger partial charge in [-0.2, -0.15) is 13.2 Å². The molecule has 1 aromatic carbocycles. The van der Waals surface area contributed by atoms with Crippen molar-refractivity contribution in [3.63, 3.8) is 0 Å². The zero-order valence-corrected chi connectivity index (χ0v) is 16.9. The molecule has 0 aromatic heterocycles. The van der Waals surface area contributed by atoms with E-state index < -0.39 is 23.8 Å². The smallest absolute Gasteiger partial charge is 0.416 e. The minimum atomic E-state index is -4.47. The lowest BCUT2D eigenvalue weighted by Gasteiger charge is -2.12. The molecule has 0 amide bonds. The highest BCUT2D eigenvalue weighted by Crippen LogP contribution is 2.31. The molecule has 8 heteroatoms. The number of carbonyl (C=O) groups excluding carboxylic acids is 1. The number of Topliss-reactive ketones (excluding diaryl/α,β-unsaturated/α-hetero) is 1. The van der Waals surface area contributed by atoms with Crippen molar-refractivity contribution in [1.82, 2.24) is 0 Å². The fourth-order valence-corrected chi connectivity index (χ4v) is 3.07. The third kappa shape index (κ3) is 8.41. The maximum absolute atomic E-state index is 12.7. The summed E-state index contributed by atoms with van der Waals surface area (Å²) >= 11 is 0. The first-order valence-electron chi connectivity index (χ1n) is 9.95. The Morgan fingerprint density at radius 2 is 2.00 bits per heavy atom. The Labute approximate surface area is 178 Å². The van der Waals surface area contributed by atoms with Gasteiger partial charge in [0.15, 0.2) is 5.78 Å². The van der Waals surface area contributed by atoms with Gasteiger partial charge in [-0.05, 0) is 49.5 Å². The van der Waals surface area contributed by atoms with Crippen LogP contribution in [0, 0.1) is 0 Å². The number of benzene rings is 1. The summed E-state index contributed by atoms with van der Waals surface area (Å²) in [5.74, 6) is -0.805. The van der Waals surface area contributed by atoms with Crippen LogP contribution < -0.4 is 4.74 Å². The summed E-state index contributed by atoms with van der Waals surface area (Å²) in [5.41, 5.74) is 0.625. The molecule has 1 atom stereocenters. The van der Waals surface area contributed by atoms with Gasteiger partial charge in [-0.15, -0.1) is 0 Å². The largest absolute Gasteiger partial charge is 0.491 e. The van der Waals surface area contributed by atoms with Crippen LogP contribution in [-0.4, -0.2) is 34.7 Å². The minimum absolute atomic E-state index is 0.00580. The number of aliphatic hydroxyl groups excluding tert-OH is 1. The Kier molecular flexibility index (Phi) is 9.05. The Balaban J connectivity index is 1.89. The highest BCUT2D eigenvalue weighted by atomic mass is 19.4. The van der Waals surface area contributed by atoms with Crippen molar-refractivity contribution in [3.05, 3.63) is 65.3 Å². The van der Waals surface area contributed by atoms with Crippen molar-refractivity contribution in [1.29, 1.82) is 0 Å². The van der Waals surface area contributed by atoms with Crippen molar-refractivity contribution in [3.8, 4) is 5.75 Å². The summed E-state index contributed by atoms with van der Waals surface area (Å²) in [4.78, 5) is 22.6. The van der Waals surface area contributed by atoms with Gasteiger partial charge in [-0.25, -0.2) is 0 Å². The molecule has 0 spiro atoms.